The second-order valence-corrected chi connectivity index (χ2v) is 5.49. The molecule has 1 aromatic carbocycles. The molecule has 3 atom stereocenters. The molecule has 2 heterocycles. The number of benzene rings is 1. The minimum absolute atomic E-state index is 0.511. The summed E-state index contributed by atoms with van der Waals surface area (Å²) in [6, 6.07) is 10.8. The van der Waals surface area contributed by atoms with E-state index in [4.69, 9.17) is 4.74 Å². The number of fused-ring (bicyclic) bond motifs is 2. The van der Waals surface area contributed by atoms with Gasteiger partial charge in [0.1, 0.15) is 0 Å². The molecule has 2 aliphatic heterocycles. The molecule has 0 spiro atoms. The van der Waals surface area contributed by atoms with Crippen molar-refractivity contribution in [3.05, 3.63) is 35.9 Å². The Morgan fingerprint density at radius 3 is 2.47 bits per heavy atom. The molecule has 17 heavy (non-hydrogen) atoms. The van der Waals surface area contributed by atoms with E-state index in [0.29, 0.717) is 18.1 Å². The van der Waals surface area contributed by atoms with Crippen molar-refractivity contribution in [2.45, 2.75) is 37.9 Å². The third-order valence-electron chi connectivity index (χ3n) is 4.02. The number of hydrogen-bond acceptors (Lipinski definition) is 2. The predicted molar refractivity (Wildman–Crippen MR) is 69.2 cm³/mol. The summed E-state index contributed by atoms with van der Waals surface area (Å²) >= 11 is 0. The molecule has 0 radical (unpaired) electrons. The quantitative estimate of drug-likeness (QED) is 0.793. The molecule has 92 valence electrons. The van der Waals surface area contributed by atoms with Crippen LogP contribution in [-0.4, -0.2) is 36.7 Å². The zero-order valence-corrected chi connectivity index (χ0v) is 10.5. The van der Waals surface area contributed by atoms with Crippen molar-refractivity contribution < 1.29 is 4.74 Å². The van der Waals surface area contributed by atoms with Crippen molar-refractivity contribution in [1.29, 1.82) is 0 Å². The number of hydrogen-bond donors (Lipinski definition) is 0. The van der Waals surface area contributed by atoms with Crippen LogP contribution in [0.3, 0.4) is 0 Å². The van der Waals surface area contributed by atoms with Crippen LogP contribution in [0.1, 0.15) is 31.2 Å². The molecule has 0 saturated carbocycles. The van der Waals surface area contributed by atoms with Gasteiger partial charge in [-0.15, -0.1) is 0 Å². The van der Waals surface area contributed by atoms with E-state index in [1.54, 1.807) is 0 Å². The van der Waals surface area contributed by atoms with Gasteiger partial charge in [0, 0.05) is 19.6 Å². The fourth-order valence-corrected chi connectivity index (χ4v) is 3.12. The van der Waals surface area contributed by atoms with Gasteiger partial charge in [0.25, 0.3) is 0 Å². The van der Waals surface area contributed by atoms with Gasteiger partial charge >= 0.3 is 0 Å². The van der Waals surface area contributed by atoms with Gasteiger partial charge in [0.15, 0.2) is 0 Å². The van der Waals surface area contributed by atoms with Crippen molar-refractivity contribution in [3.63, 3.8) is 0 Å². The smallest absolute Gasteiger partial charge is 0.0707 e. The van der Waals surface area contributed by atoms with Crippen LogP contribution in [0.15, 0.2) is 30.3 Å². The van der Waals surface area contributed by atoms with E-state index in [1.165, 1.54) is 24.9 Å². The average molecular weight is 231 g/mol. The first-order chi connectivity index (χ1) is 8.31. The number of rotatable bonds is 3. The van der Waals surface area contributed by atoms with E-state index in [9.17, 15) is 0 Å². The van der Waals surface area contributed by atoms with Crippen LogP contribution < -0.4 is 0 Å². The molecule has 2 bridgehead atoms. The Hall–Kier alpha value is -0.860. The Labute approximate surface area is 104 Å². The van der Waals surface area contributed by atoms with Crippen LogP contribution in [0, 0.1) is 0 Å². The Balaban J connectivity index is 1.60. The summed E-state index contributed by atoms with van der Waals surface area (Å²) < 4.78 is 5.87. The highest BCUT2D eigenvalue weighted by molar-refractivity contribution is 5.19. The summed E-state index contributed by atoms with van der Waals surface area (Å²) in [5.41, 5.74) is 1.45. The normalized spacial score (nSPS) is 30.4. The largest absolute Gasteiger partial charge is 0.372 e. The lowest BCUT2D eigenvalue weighted by atomic mass is 10.0. The maximum atomic E-state index is 5.87. The van der Waals surface area contributed by atoms with Crippen molar-refractivity contribution in [1.82, 2.24) is 4.90 Å². The number of likely N-dealkylation sites (tertiary alicyclic amines) is 1. The summed E-state index contributed by atoms with van der Waals surface area (Å²) in [5, 5.41) is 0. The molecule has 2 saturated heterocycles. The van der Waals surface area contributed by atoms with E-state index < -0.39 is 0 Å². The van der Waals surface area contributed by atoms with E-state index in [-0.39, 0.29) is 0 Å². The molecule has 0 N–H and O–H groups in total. The monoisotopic (exact) mass is 231 g/mol. The van der Waals surface area contributed by atoms with Gasteiger partial charge in [-0.3, -0.25) is 4.90 Å². The summed E-state index contributed by atoms with van der Waals surface area (Å²) in [7, 11) is 0. The fourth-order valence-electron chi connectivity index (χ4n) is 3.12. The summed E-state index contributed by atoms with van der Waals surface area (Å²) in [4.78, 5) is 2.59. The second-order valence-electron chi connectivity index (χ2n) is 5.49. The summed E-state index contributed by atoms with van der Waals surface area (Å²) in [6.45, 7) is 5.76. The van der Waals surface area contributed by atoms with E-state index >= 15 is 0 Å². The third kappa shape index (κ3) is 2.53. The van der Waals surface area contributed by atoms with Gasteiger partial charge in [0.05, 0.1) is 12.2 Å². The number of nitrogens with zero attached hydrogens (tertiary/aromatic N) is 1. The van der Waals surface area contributed by atoms with Crippen LogP contribution in [0.4, 0.5) is 0 Å². The van der Waals surface area contributed by atoms with Crippen molar-refractivity contribution in [2.75, 3.05) is 19.6 Å². The SMILES string of the molecule is CC(CN1CC2CCC(C1)O2)c1ccccc1. The molecular weight excluding hydrogens is 210 g/mol. The number of morpholine rings is 1. The lowest BCUT2D eigenvalue weighted by Gasteiger charge is -2.33. The highest BCUT2D eigenvalue weighted by Crippen LogP contribution is 2.27. The van der Waals surface area contributed by atoms with Gasteiger partial charge in [-0.1, -0.05) is 37.3 Å². The lowest BCUT2D eigenvalue weighted by molar-refractivity contribution is -0.0394. The molecule has 0 aromatic heterocycles. The Morgan fingerprint density at radius 1 is 1.18 bits per heavy atom. The first kappa shape index (κ1) is 11.2. The van der Waals surface area contributed by atoms with Gasteiger partial charge in [0.2, 0.25) is 0 Å². The first-order valence-electron chi connectivity index (χ1n) is 6.74. The van der Waals surface area contributed by atoms with E-state index in [2.05, 4.69) is 42.2 Å². The highest BCUT2D eigenvalue weighted by atomic mass is 16.5. The molecular formula is C15H21NO. The zero-order valence-electron chi connectivity index (χ0n) is 10.5. The van der Waals surface area contributed by atoms with E-state index in [0.717, 1.165) is 13.1 Å². The molecule has 2 heteroatoms. The van der Waals surface area contributed by atoms with Crippen molar-refractivity contribution >= 4 is 0 Å². The van der Waals surface area contributed by atoms with Crippen LogP contribution in [0.25, 0.3) is 0 Å². The molecule has 0 amide bonds. The molecule has 2 fully saturated rings. The Kier molecular flexibility index (Phi) is 3.17. The molecule has 2 nitrogen and oxygen atoms in total. The minimum Gasteiger partial charge on any atom is -0.372 e. The van der Waals surface area contributed by atoms with Gasteiger partial charge in [-0.2, -0.15) is 0 Å². The third-order valence-corrected chi connectivity index (χ3v) is 4.02. The number of ether oxygens (including phenoxy) is 1. The standard InChI is InChI=1S/C15H21NO/c1-12(13-5-3-2-4-6-13)9-16-10-14-7-8-15(11-16)17-14/h2-6,12,14-15H,7-11H2,1H3. The van der Waals surface area contributed by atoms with Crippen molar-refractivity contribution in [3.8, 4) is 0 Å². The summed E-state index contributed by atoms with van der Waals surface area (Å²) in [6.07, 6.45) is 3.55. The highest BCUT2D eigenvalue weighted by Gasteiger charge is 2.33. The van der Waals surface area contributed by atoms with Gasteiger partial charge in [-0.25, -0.2) is 0 Å². The van der Waals surface area contributed by atoms with Gasteiger partial charge in [-0.05, 0) is 24.3 Å². The molecule has 0 aliphatic carbocycles. The van der Waals surface area contributed by atoms with Crippen LogP contribution in [0.2, 0.25) is 0 Å². The van der Waals surface area contributed by atoms with Crippen LogP contribution in [-0.2, 0) is 4.74 Å². The summed E-state index contributed by atoms with van der Waals surface area (Å²) in [5.74, 6) is 0.619. The topological polar surface area (TPSA) is 12.5 Å². The van der Waals surface area contributed by atoms with Gasteiger partial charge < -0.3 is 4.74 Å². The predicted octanol–water partition coefficient (Wildman–Crippen LogP) is 2.65. The minimum atomic E-state index is 0.511. The average Bonchev–Trinajstić information content (AvgIpc) is 2.70. The first-order valence-corrected chi connectivity index (χ1v) is 6.74. The molecule has 2 aliphatic rings. The Morgan fingerprint density at radius 2 is 1.82 bits per heavy atom. The lowest BCUT2D eigenvalue weighted by Crippen LogP contribution is -2.43. The van der Waals surface area contributed by atoms with Crippen LogP contribution >= 0.6 is 0 Å². The zero-order chi connectivity index (χ0) is 11.7. The maximum absolute atomic E-state index is 5.87. The Bertz CT molecular complexity index is 352. The molecule has 3 rings (SSSR count). The maximum Gasteiger partial charge on any atom is 0.0707 e. The van der Waals surface area contributed by atoms with E-state index in [1.807, 2.05) is 0 Å². The fraction of sp³-hybridized carbons (Fsp3) is 0.600. The molecule has 1 aromatic rings. The van der Waals surface area contributed by atoms with Crippen molar-refractivity contribution in [2.24, 2.45) is 0 Å². The molecule has 3 unspecified atom stereocenters. The van der Waals surface area contributed by atoms with Crippen LogP contribution in [0.5, 0.6) is 0 Å². The second kappa shape index (κ2) is 4.79.